The second-order valence-electron chi connectivity index (χ2n) is 4.35. The molecule has 1 saturated heterocycles. The molecular formula is C12H23NO2. The van der Waals surface area contributed by atoms with E-state index in [-0.39, 0.29) is 12.0 Å². The van der Waals surface area contributed by atoms with Crippen molar-refractivity contribution in [1.82, 2.24) is 5.32 Å². The zero-order valence-corrected chi connectivity index (χ0v) is 9.92. The number of unbranched alkanes of at least 4 members (excludes halogenated alkanes) is 2. The molecule has 1 heterocycles. The highest BCUT2D eigenvalue weighted by Gasteiger charge is 2.29. The summed E-state index contributed by atoms with van der Waals surface area (Å²) in [5.41, 5.74) is 0. The van der Waals surface area contributed by atoms with Crippen LogP contribution < -0.4 is 5.32 Å². The first kappa shape index (κ1) is 12.5. The molecule has 0 aromatic heterocycles. The lowest BCUT2D eigenvalue weighted by Crippen LogP contribution is -2.32. The molecule has 88 valence electrons. The Morgan fingerprint density at radius 1 is 1.40 bits per heavy atom. The van der Waals surface area contributed by atoms with Gasteiger partial charge in [0.1, 0.15) is 6.04 Å². The molecule has 0 spiro atoms. The van der Waals surface area contributed by atoms with Gasteiger partial charge in [-0.3, -0.25) is 4.79 Å². The maximum absolute atomic E-state index is 11.6. The maximum atomic E-state index is 11.6. The van der Waals surface area contributed by atoms with E-state index in [1.54, 1.807) is 0 Å². The third kappa shape index (κ3) is 4.20. The van der Waals surface area contributed by atoms with Crippen molar-refractivity contribution in [3.63, 3.8) is 0 Å². The second kappa shape index (κ2) is 6.83. The van der Waals surface area contributed by atoms with Gasteiger partial charge in [0.25, 0.3) is 0 Å². The predicted octanol–water partition coefficient (Wildman–Crippen LogP) is 2.11. The van der Waals surface area contributed by atoms with Crippen molar-refractivity contribution in [3.05, 3.63) is 0 Å². The molecule has 0 aromatic rings. The first-order valence-corrected chi connectivity index (χ1v) is 6.18. The van der Waals surface area contributed by atoms with E-state index in [2.05, 4.69) is 19.2 Å². The van der Waals surface area contributed by atoms with Crippen LogP contribution in [0, 0.1) is 5.92 Å². The number of rotatable bonds is 6. The van der Waals surface area contributed by atoms with E-state index in [4.69, 9.17) is 4.74 Å². The van der Waals surface area contributed by atoms with E-state index >= 15 is 0 Å². The number of hydrogen-bond donors (Lipinski definition) is 1. The van der Waals surface area contributed by atoms with Crippen LogP contribution >= 0.6 is 0 Å². The minimum Gasteiger partial charge on any atom is -0.465 e. The number of ether oxygens (including phenoxy) is 1. The van der Waals surface area contributed by atoms with Crippen LogP contribution in [0.3, 0.4) is 0 Å². The summed E-state index contributed by atoms with van der Waals surface area (Å²) < 4.78 is 5.22. The highest BCUT2D eigenvalue weighted by molar-refractivity contribution is 5.76. The summed E-state index contributed by atoms with van der Waals surface area (Å²) in [7, 11) is 0. The summed E-state index contributed by atoms with van der Waals surface area (Å²) >= 11 is 0. The van der Waals surface area contributed by atoms with Gasteiger partial charge in [-0.2, -0.15) is 0 Å². The van der Waals surface area contributed by atoms with E-state index in [0.717, 1.165) is 38.6 Å². The predicted molar refractivity (Wildman–Crippen MR) is 60.7 cm³/mol. The van der Waals surface area contributed by atoms with Gasteiger partial charge < -0.3 is 10.1 Å². The Labute approximate surface area is 92.6 Å². The number of esters is 1. The van der Waals surface area contributed by atoms with Crippen molar-refractivity contribution < 1.29 is 9.53 Å². The zero-order valence-electron chi connectivity index (χ0n) is 9.92. The van der Waals surface area contributed by atoms with Crippen LogP contribution in [0.2, 0.25) is 0 Å². The molecule has 1 unspecified atom stereocenters. The topological polar surface area (TPSA) is 38.3 Å². The van der Waals surface area contributed by atoms with E-state index in [1.165, 1.54) is 0 Å². The zero-order chi connectivity index (χ0) is 11.1. The minimum atomic E-state index is -0.0537. The fraction of sp³-hybridized carbons (Fsp3) is 0.917. The van der Waals surface area contributed by atoms with Gasteiger partial charge in [0.15, 0.2) is 0 Å². The lowest BCUT2D eigenvalue weighted by atomic mass is 10.0. The maximum Gasteiger partial charge on any atom is 0.323 e. The Kier molecular flexibility index (Phi) is 5.69. The van der Waals surface area contributed by atoms with E-state index in [9.17, 15) is 4.79 Å². The standard InChI is InChI=1S/C12H23NO2/c1-3-5-6-7-15-12(14)11-8-10(4-2)9-13-11/h10-11,13H,3-9H2,1-2H3/t10-,11?/m1/s1. The van der Waals surface area contributed by atoms with Crippen LogP contribution in [-0.2, 0) is 9.53 Å². The second-order valence-corrected chi connectivity index (χ2v) is 4.35. The molecule has 1 N–H and O–H groups in total. The first-order valence-electron chi connectivity index (χ1n) is 6.18. The van der Waals surface area contributed by atoms with Crippen LogP contribution in [0.15, 0.2) is 0 Å². The molecule has 1 rings (SSSR count). The highest BCUT2D eigenvalue weighted by atomic mass is 16.5. The smallest absolute Gasteiger partial charge is 0.323 e. The molecule has 0 aromatic carbocycles. The van der Waals surface area contributed by atoms with Crippen molar-refractivity contribution >= 4 is 5.97 Å². The number of nitrogens with one attached hydrogen (secondary N) is 1. The van der Waals surface area contributed by atoms with Crippen LogP contribution in [0.4, 0.5) is 0 Å². The largest absolute Gasteiger partial charge is 0.465 e. The van der Waals surface area contributed by atoms with Gasteiger partial charge in [0.2, 0.25) is 0 Å². The Morgan fingerprint density at radius 2 is 2.20 bits per heavy atom. The normalized spacial score (nSPS) is 25.5. The molecule has 1 aliphatic heterocycles. The molecule has 2 atom stereocenters. The summed E-state index contributed by atoms with van der Waals surface area (Å²) in [6.07, 6.45) is 5.39. The molecule has 0 bridgehead atoms. The number of carbonyl (C=O) groups excluding carboxylic acids is 1. The SMILES string of the molecule is CCCCCOC(=O)C1C[C@@H](CC)CN1. The molecule has 0 amide bonds. The molecule has 1 aliphatic rings. The summed E-state index contributed by atoms with van der Waals surface area (Å²) in [6, 6.07) is -0.0448. The van der Waals surface area contributed by atoms with Gasteiger partial charge in [-0.15, -0.1) is 0 Å². The van der Waals surface area contributed by atoms with Gasteiger partial charge in [-0.1, -0.05) is 33.1 Å². The molecule has 0 aliphatic carbocycles. The molecule has 15 heavy (non-hydrogen) atoms. The van der Waals surface area contributed by atoms with E-state index < -0.39 is 0 Å². The Morgan fingerprint density at radius 3 is 2.80 bits per heavy atom. The summed E-state index contributed by atoms with van der Waals surface area (Å²) in [6.45, 7) is 5.86. The van der Waals surface area contributed by atoms with Crippen molar-refractivity contribution in [2.75, 3.05) is 13.2 Å². The number of hydrogen-bond acceptors (Lipinski definition) is 3. The number of carbonyl (C=O) groups is 1. The van der Waals surface area contributed by atoms with Gasteiger partial charge in [0.05, 0.1) is 6.61 Å². The molecule has 0 saturated carbocycles. The summed E-state index contributed by atoms with van der Waals surface area (Å²) in [5, 5.41) is 3.22. The van der Waals surface area contributed by atoms with Gasteiger partial charge in [-0.25, -0.2) is 0 Å². The van der Waals surface area contributed by atoms with E-state index in [0.29, 0.717) is 12.5 Å². The fourth-order valence-corrected chi connectivity index (χ4v) is 1.92. The molecule has 0 radical (unpaired) electrons. The van der Waals surface area contributed by atoms with Crippen LogP contribution in [0.1, 0.15) is 46.0 Å². The molecule has 3 nitrogen and oxygen atoms in total. The lowest BCUT2D eigenvalue weighted by Gasteiger charge is -2.10. The van der Waals surface area contributed by atoms with Gasteiger partial charge in [-0.05, 0) is 25.3 Å². The molecule has 3 heteroatoms. The van der Waals surface area contributed by atoms with Gasteiger partial charge >= 0.3 is 5.97 Å². The quantitative estimate of drug-likeness (QED) is 0.542. The summed E-state index contributed by atoms with van der Waals surface area (Å²) in [5.74, 6) is 0.597. The van der Waals surface area contributed by atoms with Crippen LogP contribution in [0.25, 0.3) is 0 Å². The van der Waals surface area contributed by atoms with Gasteiger partial charge in [0, 0.05) is 0 Å². The lowest BCUT2D eigenvalue weighted by molar-refractivity contribution is -0.145. The Hall–Kier alpha value is -0.570. The van der Waals surface area contributed by atoms with Crippen LogP contribution in [-0.4, -0.2) is 25.2 Å². The molecular weight excluding hydrogens is 190 g/mol. The average Bonchev–Trinajstić information content (AvgIpc) is 2.72. The van der Waals surface area contributed by atoms with Crippen molar-refractivity contribution in [1.29, 1.82) is 0 Å². The third-order valence-electron chi connectivity index (χ3n) is 3.08. The highest BCUT2D eigenvalue weighted by Crippen LogP contribution is 2.17. The fourth-order valence-electron chi connectivity index (χ4n) is 1.92. The van der Waals surface area contributed by atoms with Crippen molar-refractivity contribution in [2.45, 2.75) is 52.0 Å². The first-order chi connectivity index (χ1) is 7.27. The summed E-state index contributed by atoms with van der Waals surface area (Å²) in [4.78, 5) is 11.6. The van der Waals surface area contributed by atoms with E-state index in [1.807, 2.05) is 0 Å². The minimum absolute atomic E-state index is 0.0448. The molecule has 1 fully saturated rings. The average molecular weight is 213 g/mol. The van der Waals surface area contributed by atoms with Crippen molar-refractivity contribution in [3.8, 4) is 0 Å². The van der Waals surface area contributed by atoms with Crippen LogP contribution in [0.5, 0.6) is 0 Å². The monoisotopic (exact) mass is 213 g/mol. The van der Waals surface area contributed by atoms with Crippen molar-refractivity contribution in [2.24, 2.45) is 5.92 Å². The Bertz CT molecular complexity index is 194. The Balaban J connectivity index is 2.12. The third-order valence-corrected chi connectivity index (χ3v) is 3.08.